The number of nitrogens with one attached hydrogen (secondary N) is 2. The standard InChI is InChI=1S/C21H19N3O3S/c25-12-14(11-13-5-2-1-3-6-13)22-21(27)15-8-9-16(26)19-18(15)23-20(24-19)17-7-4-10-28-17/h1-10,14,25-26H,11-12H2,(H,22,27)(H,23,24)/t14-/m0/s1. The molecule has 6 nitrogen and oxygen atoms in total. The SMILES string of the molecule is O=C(N[C@H](CO)Cc1ccccc1)c1ccc(O)c2[nH]c(-c3cccs3)nc12. The molecular formula is C21H19N3O3S. The highest BCUT2D eigenvalue weighted by Crippen LogP contribution is 2.30. The van der Waals surface area contributed by atoms with Gasteiger partial charge in [-0.3, -0.25) is 4.79 Å². The fraction of sp³-hybridized carbons (Fsp3) is 0.143. The molecule has 2 aromatic heterocycles. The molecule has 7 heteroatoms. The first-order valence-corrected chi connectivity index (χ1v) is 9.75. The van der Waals surface area contributed by atoms with Gasteiger partial charge in [-0.15, -0.1) is 11.3 Å². The van der Waals surface area contributed by atoms with Gasteiger partial charge < -0.3 is 20.5 Å². The first-order chi connectivity index (χ1) is 13.7. The maximum Gasteiger partial charge on any atom is 0.253 e. The van der Waals surface area contributed by atoms with Crippen molar-refractivity contribution in [2.45, 2.75) is 12.5 Å². The molecule has 0 aliphatic rings. The number of hydrogen-bond donors (Lipinski definition) is 4. The molecule has 0 saturated carbocycles. The van der Waals surface area contributed by atoms with E-state index in [9.17, 15) is 15.0 Å². The number of carbonyl (C=O) groups is 1. The normalized spacial score (nSPS) is 12.2. The second-order valence-electron chi connectivity index (χ2n) is 6.46. The first kappa shape index (κ1) is 18.2. The summed E-state index contributed by atoms with van der Waals surface area (Å²) in [5.74, 6) is 0.289. The van der Waals surface area contributed by atoms with Crippen LogP contribution in [0.5, 0.6) is 5.75 Å². The Labute approximate surface area is 165 Å². The van der Waals surface area contributed by atoms with Crippen LogP contribution in [0.3, 0.4) is 0 Å². The van der Waals surface area contributed by atoms with Crippen molar-refractivity contribution >= 4 is 28.3 Å². The van der Waals surface area contributed by atoms with Gasteiger partial charge in [0.25, 0.3) is 5.91 Å². The minimum Gasteiger partial charge on any atom is -0.506 e. The van der Waals surface area contributed by atoms with Gasteiger partial charge in [0.2, 0.25) is 0 Å². The van der Waals surface area contributed by atoms with E-state index in [0.717, 1.165) is 10.4 Å². The smallest absolute Gasteiger partial charge is 0.253 e. The zero-order chi connectivity index (χ0) is 19.5. The molecule has 1 amide bonds. The Kier molecular flexibility index (Phi) is 5.10. The van der Waals surface area contributed by atoms with Gasteiger partial charge in [0.05, 0.1) is 23.1 Å². The van der Waals surface area contributed by atoms with Crippen molar-refractivity contribution in [3.8, 4) is 16.5 Å². The highest BCUT2D eigenvalue weighted by Gasteiger charge is 2.20. The quantitative estimate of drug-likeness (QED) is 0.404. The first-order valence-electron chi connectivity index (χ1n) is 8.87. The average molecular weight is 393 g/mol. The monoisotopic (exact) mass is 393 g/mol. The molecule has 4 aromatic rings. The molecule has 0 unspecified atom stereocenters. The Morgan fingerprint density at radius 2 is 1.96 bits per heavy atom. The number of hydrogen-bond acceptors (Lipinski definition) is 5. The van der Waals surface area contributed by atoms with E-state index in [1.165, 1.54) is 17.4 Å². The fourth-order valence-corrected chi connectivity index (χ4v) is 3.78. The number of aliphatic hydroxyl groups is 1. The number of imidazole rings is 1. The van der Waals surface area contributed by atoms with Gasteiger partial charge >= 0.3 is 0 Å². The van der Waals surface area contributed by atoms with Crippen LogP contribution in [-0.2, 0) is 6.42 Å². The van der Waals surface area contributed by atoms with E-state index in [1.54, 1.807) is 6.07 Å². The molecule has 0 aliphatic heterocycles. The number of fused-ring (bicyclic) bond motifs is 1. The minimum absolute atomic E-state index is 0.0323. The highest BCUT2D eigenvalue weighted by molar-refractivity contribution is 7.13. The third-order valence-electron chi connectivity index (χ3n) is 4.50. The molecule has 2 heterocycles. The Hall–Kier alpha value is -3.16. The zero-order valence-corrected chi connectivity index (χ0v) is 15.7. The van der Waals surface area contributed by atoms with Crippen LogP contribution < -0.4 is 5.32 Å². The summed E-state index contributed by atoms with van der Waals surface area (Å²) >= 11 is 1.52. The Morgan fingerprint density at radius 3 is 2.68 bits per heavy atom. The Morgan fingerprint density at radius 1 is 1.14 bits per heavy atom. The maximum atomic E-state index is 12.9. The van der Waals surface area contributed by atoms with Crippen LogP contribution in [0.25, 0.3) is 21.7 Å². The number of nitrogens with zero attached hydrogens (tertiary/aromatic N) is 1. The van der Waals surface area contributed by atoms with Crippen LogP contribution in [0, 0.1) is 0 Å². The van der Waals surface area contributed by atoms with Crippen molar-refractivity contribution in [2.75, 3.05) is 6.61 Å². The summed E-state index contributed by atoms with van der Waals surface area (Å²) in [5, 5.41) is 24.7. The van der Waals surface area contributed by atoms with E-state index in [1.807, 2.05) is 47.8 Å². The second-order valence-corrected chi connectivity index (χ2v) is 7.41. The lowest BCUT2D eigenvalue weighted by Crippen LogP contribution is -2.39. The van der Waals surface area contributed by atoms with Crippen LogP contribution in [0.4, 0.5) is 0 Å². The second kappa shape index (κ2) is 7.84. The number of aromatic nitrogens is 2. The highest BCUT2D eigenvalue weighted by atomic mass is 32.1. The molecule has 2 aromatic carbocycles. The predicted octanol–water partition coefficient (Wildman–Crippen LogP) is 3.33. The Balaban J connectivity index is 1.62. The van der Waals surface area contributed by atoms with Crippen molar-refractivity contribution in [1.29, 1.82) is 0 Å². The van der Waals surface area contributed by atoms with Crippen molar-refractivity contribution in [1.82, 2.24) is 15.3 Å². The number of aromatic amines is 1. The predicted molar refractivity (Wildman–Crippen MR) is 110 cm³/mol. The lowest BCUT2D eigenvalue weighted by Gasteiger charge is -2.16. The summed E-state index contributed by atoms with van der Waals surface area (Å²) in [7, 11) is 0. The number of H-pyrrole nitrogens is 1. The number of carbonyl (C=O) groups excluding carboxylic acids is 1. The average Bonchev–Trinajstić information content (AvgIpc) is 3.38. The number of amides is 1. The molecule has 1 atom stereocenters. The van der Waals surface area contributed by atoms with Gasteiger partial charge in [0.15, 0.2) is 0 Å². The topological polar surface area (TPSA) is 98.2 Å². The lowest BCUT2D eigenvalue weighted by molar-refractivity contribution is 0.0918. The van der Waals surface area contributed by atoms with Crippen molar-refractivity contribution in [3.63, 3.8) is 0 Å². The molecular weight excluding hydrogens is 374 g/mol. The van der Waals surface area contributed by atoms with E-state index in [-0.39, 0.29) is 18.3 Å². The van der Waals surface area contributed by atoms with E-state index in [0.29, 0.717) is 28.8 Å². The molecule has 0 spiro atoms. The summed E-state index contributed by atoms with van der Waals surface area (Å²) in [5.41, 5.74) is 2.19. The molecule has 0 fully saturated rings. The number of phenolic OH excluding ortho intramolecular Hbond substituents is 1. The molecule has 4 rings (SSSR count). The molecule has 0 bridgehead atoms. The summed E-state index contributed by atoms with van der Waals surface area (Å²) in [4.78, 5) is 21.4. The van der Waals surface area contributed by atoms with Crippen LogP contribution >= 0.6 is 11.3 Å². The third kappa shape index (κ3) is 3.62. The summed E-state index contributed by atoms with van der Waals surface area (Å²) in [6.45, 7) is -0.178. The van der Waals surface area contributed by atoms with E-state index >= 15 is 0 Å². The molecule has 0 aliphatic carbocycles. The van der Waals surface area contributed by atoms with Gasteiger partial charge in [0.1, 0.15) is 22.6 Å². The van der Waals surface area contributed by atoms with Gasteiger partial charge in [-0.05, 0) is 35.6 Å². The number of benzene rings is 2. The minimum atomic E-state index is -0.422. The summed E-state index contributed by atoms with van der Waals surface area (Å²) < 4.78 is 0. The van der Waals surface area contributed by atoms with E-state index < -0.39 is 6.04 Å². The molecule has 0 radical (unpaired) electrons. The number of phenols is 1. The molecule has 4 N–H and O–H groups in total. The summed E-state index contributed by atoms with van der Waals surface area (Å²) in [6, 6.07) is 16.1. The largest absolute Gasteiger partial charge is 0.506 e. The van der Waals surface area contributed by atoms with E-state index in [2.05, 4.69) is 15.3 Å². The number of aromatic hydroxyl groups is 1. The number of rotatable bonds is 6. The van der Waals surface area contributed by atoms with Crippen molar-refractivity contribution in [2.24, 2.45) is 0 Å². The van der Waals surface area contributed by atoms with E-state index in [4.69, 9.17) is 0 Å². The van der Waals surface area contributed by atoms with Gasteiger partial charge in [-0.2, -0.15) is 0 Å². The van der Waals surface area contributed by atoms with Gasteiger partial charge in [0, 0.05) is 0 Å². The van der Waals surface area contributed by atoms with Gasteiger partial charge in [-0.1, -0.05) is 36.4 Å². The molecule has 28 heavy (non-hydrogen) atoms. The summed E-state index contributed by atoms with van der Waals surface area (Å²) in [6.07, 6.45) is 0.519. The maximum absolute atomic E-state index is 12.9. The van der Waals surface area contributed by atoms with Crippen molar-refractivity contribution < 1.29 is 15.0 Å². The Bertz CT molecular complexity index is 1090. The molecule has 0 saturated heterocycles. The van der Waals surface area contributed by atoms with Gasteiger partial charge in [-0.25, -0.2) is 4.98 Å². The third-order valence-corrected chi connectivity index (χ3v) is 5.38. The van der Waals surface area contributed by atoms with Crippen LogP contribution in [0.15, 0.2) is 60.0 Å². The van der Waals surface area contributed by atoms with Crippen LogP contribution in [0.1, 0.15) is 15.9 Å². The number of thiophene rings is 1. The molecule has 142 valence electrons. The lowest BCUT2D eigenvalue weighted by atomic mass is 10.1. The van der Waals surface area contributed by atoms with Crippen LogP contribution in [0.2, 0.25) is 0 Å². The van der Waals surface area contributed by atoms with Crippen molar-refractivity contribution in [3.05, 3.63) is 71.1 Å². The van der Waals surface area contributed by atoms with Crippen LogP contribution in [-0.4, -0.2) is 38.7 Å². The zero-order valence-electron chi connectivity index (χ0n) is 14.9. The number of aliphatic hydroxyl groups excluding tert-OH is 1. The fourth-order valence-electron chi connectivity index (χ4n) is 3.11.